The monoisotopic (exact) mass is 300 g/mol. The fourth-order valence-electron chi connectivity index (χ4n) is 1.70. The molecule has 2 aromatic rings. The van der Waals surface area contributed by atoms with E-state index in [0.29, 0.717) is 17.2 Å². The van der Waals surface area contributed by atoms with Crippen LogP contribution in [0.15, 0.2) is 54.9 Å². The van der Waals surface area contributed by atoms with Crippen LogP contribution in [0.1, 0.15) is 15.9 Å². The molecule has 108 valence electrons. The molecule has 21 heavy (non-hydrogen) atoms. The molecule has 0 saturated carbocycles. The number of hydrazine groups is 1. The minimum Gasteiger partial charge on any atom is -0.361 e. The van der Waals surface area contributed by atoms with Gasteiger partial charge in [0.2, 0.25) is 0 Å². The Morgan fingerprint density at radius 1 is 1.05 bits per heavy atom. The van der Waals surface area contributed by atoms with Crippen molar-refractivity contribution in [1.29, 1.82) is 0 Å². The molecule has 6 heteroatoms. The summed E-state index contributed by atoms with van der Waals surface area (Å²) in [7, 11) is 0. The summed E-state index contributed by atoms with van der Waals surface area (Å²) < 4.78 is 0. The Bertz CT molecular complexity index is 589. The average Bonchev–Trinajstić information content (AvgIpc) is 2.54. The zero-order valence-corrected chi connectivity index (χ0v) is 12.2. The van der Waals surface area contributed by atoms with Gasteiger partial charge in [0.15, 0.2) is 5.11 Å². The van der Waals surface area contributed by atoms with Crippen molar-refractivity contribution < 1.29 is 4.79 Å². The van der Waals surface area contributed by atoms with Crippen molar-refractivity contribution in [2.45, 2.75) is 6.42 Å². The summed E-state index contributed by atoms with van der Waals surface area (Å²) in [6.45, 7) is 0.695. The lowest BCUT2D eigenvalue weighted by Gasteiger charge is -2.11. The second-order valence-electron chi connectivity index (χ2n) is 4.31. The molecule has 1 aromatic carbocycles. The molecule has 1 aromatic heterocycles. The van der Waals surface area contributed by atoms with Gasteiger partial charge in [-0.15, -0.1) is 0 Å². The number of nitrogens with one attached hydrogen (secondary N) is 3. The molecule has 0 aliphatic heterocycles. The Morgan fingerprint density at radius 2 is 1.76 bits per heavy atom. The Morgan fingerprint density at radius 3 is 2.48 bits per heavy atom. The number of carbonyl (C=O) groups excluding carboxylic acids is 1. The molecular formula is C15H16N4OS. The number of hydrogen-bond acceptors (Lipinski definition) is 3. The molecule has 0 spiro atoms. The van der Waals surface area contributed by atoms with Crippen LogP contribution < -0.4 is 16.2 Å². The zero-order valence-electron chi connectivity index (χ0n) is 11.4. The Hall–Kier alpha value is -2.47. The molecule has 0 aliphatic carbocycles. The van der Waals surface area contributed by atoms with Gasteiger partial charge < -0.3 is 5.32 Å². The van der Waals surface area contributed by atoms with Crippen molar-refractivity contribution in [3.05, 3.63) is 66.0 Å². The number of benzene rings is 1. The summed E-state index contributed by atoms with van der Waals surface area (Å²) in [6.07, 6.45) is 3.98. The number of pyridine rings is 1. The van der Waals surface area contributed by atoms with Crippen molar-refractivity contribution in [2.24, 2.45) is 0 Å². The minimum absolute atomic E-state index is 0.260. The first-order chi connectivity index (χ1) is 10.3. The maximum atomic E-state index is 11.8. The number of aromatic nitrogens is 1. The highest BCUT2D eigenvalue weighted by Crippen LogP contribution is 1.98. The molecule has 0 fully saturated rings. The van der Waals surface area contributed by atoms with Crippen LogP contribution in [0.25, 0.3) is 0 Å². The number of rotatable bonds is 4. The van der Waals surface area contributed by atoms with Crippen molar-refractivity contribution in [3.8, 4) is 0 Å². The molecule has 0 atom stereocenters. The van der Waals surface area contributed by atoms with Gasteiger partial charge >= 0.3 is 0 Å². The van der Waals surface area contributed by atoms with Crippen molar-refractivity contribution >= 4 is 23.2 Å². The molecule has 1 amide bonds. The third kappa shape index (κ3) is 5.19. The number of hydrogen-bond donors (Lipinski definition) is 3. The van der Waals surface area contributed by atoms with Gasteiger partial charge in [0.05, 0.1) is 0 Å². The molecule has 0 saturated heterocycles. The maximum absolute atomic E-state index is 11.8. The third-order valence-electron chi connectivity index (χ3n) is 2.77. The van der Waals surface area contributed by atoms with Gasteiger partial charge in [0.25, 0.3) is 5.91 Å². The summed E-state index contributed by atoms with van der Waals surface area (Å²) in [5.41, 5.74) is 6.94. The van der Waals surface area contributed by atoms with Gasteiger partial charge in [-0.2, -0.15) is 0 Å². The van der Waals surface area contributed by atoms with Crippen molar-refractivity contribution in [2.75, 3.05) is 6.54 Å². The smallest absolute Gasteiger partial charge is 0.269 e. The van der Waals surface area contributed by atoms with Crippen molar-refractivity contribution in [1.82, 2.24) is 21.2 Å². The molecule has 1 heterocycles. The first-order valence-corrected chi connectivity index (χ1v) is 6.94. The lowest BCUT2D eigenvalue weighted by atomic mass is 10.1. The van der Waals surface area contributed by atoms with Crippen LogP contribution in [-0.2, 0) is 6.42 Å². The highest BCUT2D eigenvalue weighted by molar-refractivity contribution is 7.80. The first kappa shape index (κ1) is 14.9. The fraction of sp³-hybridized carbons (Fsp3) is 0.133. The van der Waals surface area contributed by atoms with Crippen LogP contribution in [-0.4, -0.2) is 22.5 Å². The number of amides is 1. The minimum atomic E-state index is -0.260. The molecule has 0 unspecified atom stereocenters. The van der Waals surface area contributed by atoms with Gasteiger partial charge in [-0.3, -0.25) is 20.6 Å². The van der Waals surface area contributed by atoms with Gasteiger partial charge in [-0.25, -0.2) is 0 Å². The van der Waals surface area contributed by atoms with E-state index >= 15 is 0 Å². The Balaban J connectivity index is 1.67. The van der Waals surface area contributed by atoms with E-state index in [1.54, 1.807) is 24.5 Å². The predicted molar refractivity (Wildman–Crippen MR) is 85.6 cm³/mol. The standard InChI is InChI=1S/C15H16N4OS/c20-14(13-7-9-16-10-8-13)18-19-15(21)17-11-6-12-4-2-1-3-5-12/h1-5,7-10H,6,11H2,(H,18,20)(H2,17,19,21). The highest BCUT2D eigenvalue weighted by atomic mass is 32.1. The van der Waals surface area contributed by atoms with Crippen LogP contribution >= 0.6 is 12.2 Å². The predicted octanol–water partition coefficient (Wildman–Crippen LogP) is 1.43. The van der Waals surface area contributed by atoms with Crippen LogP contribution in [0.3, 0.4) is 0 Å². The average molecular weight is 300 g/mol. The first-order valence-electron chi connectivity index (χ1n) is 6.54. The van der Waals surface area contributed by atoms with E-state index in [4.69, 9.17) is 12.2 Å². The summed E-state index contributed by atoms with van der Waals surface area (Å²) >= 11 is 5.09. The van der Waals surface area contributed by atoms with Gasteiger partial charge in [0.1, 0.15) is 0 Å². The fourth-order valence-corrected chi connectivity index (χ4v) is 1.85. The van der Waals surface area contributed by atoms with E-state index in [9.17, 15) is 4.79 Å². The van der Waals surface area contributed by atoms with E-state index < -0.39 is 0 Å². The van der Waals surface area contributed by atoms with Crippen molar-refractivity contribution in [3.63, 3.8) is 0 Å². The topological polar surface area (TPSA) is 66.1 Å². The Labute approximate surface area is 128 Å². The SMILES string of the molecule is O=C(NNC(=S)NCCc1ccccc1)c1ccncc1. The lowest BCUT2D eigenvalue weighted by Crippen LogP contribution is -2.47. The van der Waals surface area contributed by atoms with E-state index in [0.717, 1.165) is 6.42 Å². The molecule has 3 N–H and O–H groups in total. The van der Waals surface area contributed by atoms with Crippen LogP contribution in [0, 0.1) is 0 Å². The normalized spacial score (nSPS) is 9.71. The van der Waals surface area contributed by atoms with E-state index in [2.05, 4.69) is 33.3 Å². The molecule has 0 bridgehead atoms. The molecule has 0 radical (unpaired) electrons. The molecular weight excluding hydrogens is 284 g/mol. The van der Waals surface area contributed by atoms with E-state index in [1.165, 1.54) is 5.56 Å². The number of thiocarbonyl (C=S) groups is 1. The third-order valence-corrected chi connectivity index (χ3v) is 3.02. The van der Waals surface area contributed by atoms with Gasteiger partial charge in [-0.05, 0) is 36.3 Å². The molecule has 5 nitrogen and oxygen atoms in total. The quantitative estimate of drug-likeness (QED) is 0.589. The maximum Gasteiger partial charge on any atom is 0.269 e. The summed E-state index contributed by atoms with van der Waals surface area (Å²) in [5, 5.41) is 3.41. The van der Waals surface area contributed by atoms with Crippen LogP contribution in [0.5, 0.6) is 0 Å². The second-order valence-corrected chi connectivity index (χ2v) is 4.71. The highest BCUT2D eigenvalue weighted by Gasteiger charge is 2.04. The van der Waals surface area contributed by atoms with Crippen LogP contribution in [0.2, 0.25) is 0 Å². The van der Waals surface area contributed by atoms with E-state index in [1.807, 2.05) is 18.2 Å². The summed E-state index contributed by atoms with van der Waals surface area (Å²) in [6, 6.07) is 13.4. The largest absolute Gasteiger partial charge is 0.361 e. The summed E-state index contributed by atoms with van der Waals surface area (Å²) in [5.74, 6) is -0.260. The number of carbonyl (C=O) groups is 1. The Kier molecular flexibility index (Phi) is 5.66. The van der Waals surface area contributed by atoms with Crippen LogP contribution in [0.4, 0.5) is 0 Å². The summed E-state index contributed by atoms with van der Waals surface area (Å²) in [4.78, 5) is 15.6. The number of nitrogens with zero attached hydrogens (tertiary/aromatic N) is 1. The zero-order chi connectivity index (χ0) is 14.9. The molecule has 0 aliphatic rings. The lowest BCUT2D eigenvalue weighted by molar-refractivity contribution is 0.0943. The van der Waals surface area contributed by atoms with E-state index in [-0.39, 0.29) is 5.91 Å². The van der Waals surface area contributed by atoms with Gasteiger partial charge in [0, 0.05) is 24.5 Å². The molecule has 2 rings (SSSR count). The van der Waals surface area contributed by atoms with Gasteiger partial charge in [-0.1, -0.05) is 30.3 Å². The second kappa shape index (κ2) is 7.96.